The van der Waals surface area contributed by atoms with Crippen LogP contribution < -0.4 is 5.32 Å². The number of anilines is 1. The second-order valence-electron chi connectivity index (χ2n) is 3.68. The molecule has 0 spiro atoms. The molecule has 1 amide bonds. The van der Waals surface area contributed by atoms with Crippen LogP contribution in [0.1, 0.15) is 10.4 Å². The standard InChI is InChI=1S/C13H7Br2F2NO/c14-9-5-4-7(6-11(9)16)18-13(19)8-2-1-3-10(15)12(8)17/h1-6H,(H,18,19). The van der Waals surface area contributed by atoms with Gasteiger partial charge in [-0.15, -0.1) is 0 Å². The summed E-state index contributed by atoms with van der Waals surface area (Å²) in [7, 11) is 0. The Labute approximate surface area is 125 Å². The van der Waals surface area contributed by atoms with Crippen molar-refractivity contribution in [3.8, 4) is 0 Å². The van der Waals surface area contributed by atoms with Gasteiger partial charge in [-0.2, -0.15) is 0 Å². The van der Waals surface area contributed by atoms with Gasteiger partial charge in [-0.1, -0.05) is 6.07 Å². The van der Waals surface area contributed by atoms with E-state index in [4.69, 9.17) is 0 Å². The third kappa shape index (κ3) is 3.19. The molecule has 0 saturated heterocycles. The van der Waals surface area contributed by atoms with Gasteiger partial charge >= 0.3 is 0 Å². The molecule has 2 rings (SSSR count). The molecule has 19 heavy (non-hydrogen) atoms. The van der Waals surface area contributed by atoms with Crippen LogP contribution >= 0.6 is 31.9 Å². The summed E-state index contributed by atoms with van der Waals surface area (Å²) >= 11 is 6.01. The van der Waals surface area contributed by atoms with Crippen molar-refractivity contribution in [1.82, 2.24) is 0 Å². The van der Waals surface area contributed by atoms with Crippen molar-refractivity contribution in [3.63, 3.8) is 0 Å². The minimum Gasteiger partial charge on any atom is -0.322 e. The Bertz CT molecular complexity index is 647. The highest BCUT2D eigenvalue weighted by Gasteiger charge is 2.14. The van der Waals surface area contributed by atoms with Gasteiger partial charge in [-0.3, -0.25) is 4.79 Å². The molecule has 0 fully saturated rings. The van der Waals surface area contributed by atoms with Crippen molar-refractivity contribution < 1.29 is 13.6 Å². The van der Waals surface area contributed by atoms with Crippen molar-refractivity contribution >= 4 is 43.5 Å². The van der Waals surface area contributed by atoms with Crippen molar-refractivity contribution in [2.75, 3.05) is 5.32 Å². The van der Waals surface area contributed by atoms with Gasteiger partial charge in [0.1, 0.15) is 11.6 Å². The fourth-order valence-corrected chi connectivity index (χ4v) is 2.06. The first-order valence-electron chi connectivity index (χ1n) is 5.19. The first-order valence-corrected chi connectivity index (χ1v) is 6.78. The van der Waals surface area contributed by atoms with E-state index in [9.17, 15) is 13.6 Å². The second-order valence-corrected chi connectivity index (χ2v) is 5.39. The van der Waals surface area contributed by atoms with E-state index in [1.807, 2.05) is 0 Å². The van der Waals surface area contributed by atoms with Crippen LogP contribution in [0.5, 0.6) is 0 Å². The van der Waals surface area contributed by atoms with E-state index in [2.05, 4.69) is 37.2 Å². The molecule has 0 heterocycles. The van der Waals surface area contributed by atoms with Crippen LogP contribution in [-0.4, -0.2) is 5.91 Å². The first-order chi connectivity index (χ1) is 8.99. The van der Waals surface area contributed by atoms with Gasteiger partial charge in [0.05, 0.1) is 14.5 Å². The lowest BCUT2D eigenvalue weighted by Gasteiger charge is -2.07. The predicted octanol–water partition coefficient (Wildman–Crippen LogP) is 4.74. The summed E-state index contributed by atoms with van der Waals surface area (Å²) in [5.41, 5.74) is 0.141. The minimum absolute atomic E-state index is 0.113. The van der Waals surface area contributed by atoms with E-state index in [-0.39, 0.29) is 15.7 Å². The number of carbonyl (C=O) groups excluding carboxylic acids is 1. The zero-order valence-corrected chi connectivity index (χ0v) is 12.6. The molecule has 2 aromatic carbocycles. The Hall–Kier alpha value is -1.27. The molecular formula is C13H7Br2F2NO. The summed E-state index contributed by atoms with van der Waals surface area (Å²) in [4.78, 5) is 11.9. The zero-order valence-electron chi connectivity index (χ0n) is 9.38. The van der Waals surface area contributed by atoms with Gasteiger partial charge in [0.2, 0.25) is 0 Å². The molecule has 0 aliphatic carbocycles. The Kier molecular flexibility index (Phi) is 4.31. The van der Waals surface area contributed by atoms with E-state index in [0.29, 0.717) is 4.47 Å². The Balaban J connectivity index is 2.26. The molecule has 2 nitrogen and oxygen atoms in total. The van der Waals surface area contributed by atoms with Crippen molar-refractivity contribution in [3.05, 3.63) is 62.5 Å². The van der Waals surface area contributed by atoms with Crippen LogP contribution in [0.2, 0.25) is 0 Å². The molecule has 0 saturated carbocycles. The lowest BCUT2D eigenvalue weighted by molar-refractivity contribution is 0.102. The van der Waals surface area contributed by atoms with Crippen LogP contribution in [0.25, 0.3) is 0 Å². The van der Waals surface area contributed by atoms with E-state index < -0.39 is 17.5 Å². The van der Waals surface area contributed by atoms with Gasteiger partial charge in [0.15, 0.2) is 0 Å². The van der Waals surface area contributed by atoms with Gasteiger partial charge in [0.25, 0.3) is 5.91 Å². The second kappa shape index (κ2) is 5.79. The molecule has 1 N–H and O–H groups in total. The smallest absolute Gasteiger partial charge is 0.258 e. The molecule has 6 heteroatoms. The maximum Gasteiger partial charge on any atom is 0.258 e. The first kappa shape index (κ1) is 14.1. The van der Waals surface area contributed by atoms with Crippen molar-refractivity contribution in [2.45, 2.75) is 0 Å². The third-order valence-corrected chi connectivity index (χ3v) is 3.63. The summed E-state index contributed by atoms with van der Waals surface area (Å²) in [5.74, 6) is -1.80. The van der Waals surface area contributed by atoms with Crippen LogP contribution in [0.4, 0.5) is 14.5 Å². The van der Waals surface area contributed by atoms with Crippen molar-refractivity contribution in [2.24, 2.45) is 0 Å². The molecule has 0 radical (unpaired) electrons. The topological polar surface area (TPSA) is 29.1 Å². The quantitative estimate of drug-likeness (QED) is 0.788. The number of rotatable bonds is 2. The summed E-state index contributed by atoms with van der Waals surface area (Å²) in [6, 6.07) is 8.52. The van der Waals surface area contributed by atoms with Crippen molar-refractivity contribution in [1.29, 1.82) is 0 Å². The molecule has 0 aliphatic heterocycles. The highest BCUT2D eigenvalue weighted by Crippen LogP contribution is 2.22. The van der Waals surface area contributed by atoms with E-state index in [1.54, 1.807) is 6.07 Å². The molecular weight excluding hydrogens is 384 g/mol. The van der Waals surface area contributed by atoms with Gasteiger partial charge in [0, 0.05) is 5.69 Å². The third-order valence-electron chi connectivity index (χ3n) is 2.37. The van der Waals surface area contributed by atoms with Crippen LogP contribution in [0.15, 0.2) is 45.3 Å². The van der Waals surface area contributed by atoms with Gasteiger partial charge < -0.3 is 5.32 Å². The highest BCUT2D eigenvalue weighted by molar-refractivity contribution is 9.10. The largest absolute Gasteiger partial charge is 0.322 e. The molecule has 98 valence electrons. The molecule has 0 atom stereocenters. The Morgan fingerprint density at radius 3 is 2.47 bits per heavy atom. The summed E-state index contributed by atoms with van der Waals surface area (Å²) in [6.07, 6.45) is 0. The molecule has 0 aliphatic rings. The average Bonchev–Trinajstić information content (AvgIpc) is 2.37. The number of benzene rings is 2. The molecule has 0 unspecified atom stereocenters. The number of hydrogen-bond donors (Lipinski definition) is 1. The fraction of sp³-hybridized carbons (Fsp3) is 0. The Morgan fingerprint density at radius 1 is 1.05 bits per heavy atom. The normalized spacial score (nSPS) is 10.3. The summed E-state index contributed by atoms with van der Waals surface area (Å²) < 4.78 is 27.5. The van der Waals surface area contributed by atoms with Crippen LogP contribution in [0, 0.1) is 11.6 Å². The predicted molar refractivity (Wildman–Crippen MR) is 76.2 cm³/mol. The highest BCUT2D eigenvalue weighted by atomic mass is 79.9. The number of nitrogens with one attached hydrogen (secondary N) is 1. The number of halogens is 4. The lowest BCUT2D eigenvalue weighted by Crippen LogP contribution is -2.14. The maximum absolute atomic E-state index is 13.7. The number of carbonyl (C=O) groups is 1. The average molecular weight is 391 g/mol. The monoisotopic (exact) mass is 389 g/mol. The van der Waals surface area contributed by atoms with Gasteiger partial charge in [-0.05, 0) is 62.2 Å². The summed E-state index contributed by atoms with van der Waals surface area (Å²) in [5, 5.41) is 2.43. The maximum atomic E-state index is 13.7. The number of hydrogen-bond acceptors (Lipinski definition) is 1. The SMILES string of the molecule is O=C(Nc1ccc(Br)c(F)c1)c1cccc(Br)c1F. The molecule has 2 aromatic rings. The lowest BCUT2D eigenvalue weighted by atomic mass is 10.2. The summed E-state index contributed by atoms with van der Waals surface area (Å²) in [6.45, 7) is 0. The van der Waals surface area contributed by atoms with Gasteiger partial charge in [-0.25, -0.2) is 8.78 Å². The zero-order chi connectivity index (χ0) is 14.0. The number of amides is 1. The van der Waals surface area contributed by atoms with Crippen LogP contribution in [0.3, 0.4) is 0 Å². The molecule has 0 aromatic heterocycles. The van der Waals surface area contributed by atoms with E-state index >= 15 is 0 Å². The Morgan fingerprint density at radius 2 is 1.79 bits per heavy atom. The fourth-order valence-electron chi connectivity index (χ4n) is 1.45. The van der Waals surface area contributed by atoms with E-state index in [0.717, 1.165) is 6.07 Å². The molecule has 0 bridgehead atoms. The van der Waals surface area contributed by atoms with E-state index in [1.165, 1.54) is 24.3 Å². The van der Waals surface area contributed by atoms with Crippen LogP contribution in [-0.2, 0) is 0 Å². The minimum atomic E-state index is -0.655.